The van der Waals surface area contributed by atoms with E-state index in [0.29, 0.717) is 18.0 Å². The number of anilines is 2. The van der Waals surface area contributed by atoms with Gasteiger partial charge in [-0.25, -0.2) is 4.79 Å². The molecule has 0 aliphatic rings. The first kappa shape index (κ1) is 20.7. The molecule has 0 aromatic heterocycles. The lowest BCUT2D eigenvalue weighted by Crippen LogP contribution is -2.22. The van der Waals surface area contributed by atoms with Gasteiger partial charge in [0.2, 0.25) is 5.91 Å². The molecule has 0 saturated carbocycles. The van der Waals surface area contributed by atoms with Crippen molar-refractivity contribution in [2.75, 3.05) is 37.1 Å². The van der Waals surface area contributed by atoms with Crippen molar-refractivity contribution in [3.63, 3.8) is 0 Å². The Labute approximate surface area is 166 Å². The van der Waals surface area contributed by atoms with Crippen LogP contribution in [-0.4, -0.2) is 38.4 Å². The van der Waals surface area contributed by atoms with Crippen molar-refractivity contribution < 1.29 is 23.8 Å². The van der Waals surface area contributed by atoms with Crippen molar-refractivity contribution in [2.24, 2.45) is 0 Å². The molecule has 2 aromatic carbocycles. The van der Waals surface area contributed by atoms with Gasteiger partial charge >= 0.3 is 6.09 Å². The maximum Gasteiger partial charge on any atom is 0.411 e. The Morgan fingerprint density at radius 3 is 2.52 bits per heavy atom. The average Bonchev–Trinajstić information content (AvgIpc) is 2.65. The zero-order chi connectivity index (χ0) is 19.5. The zero-order valence-corrected chi connectivity index (χ0v) is 16.5. The highest BCUT2D eigenvalue weighted by Crippen LogP contribution is 2.26. The van der Waals surface area contributed by atoms with Crippen LogP contribution in [0, 0.1) is 0 Å². The molecule has 27 heavy (non-hydrogen) atoms. The second-order valence-electron chi connectivity index (χ2n) is 5.30. The quantitative estimate of drug-likeness (QED) is 0.579. The number of benzene rings is 2. The fourth-order valence-electron chi connectivity index (χ4n) is 2.09. The minimum atomic E-state index is -0.593. The maximum absolute atomic E-state index is 12.1. The van der Waals surface area contributed by atoms with Crippen LogP contribution in [0.1, 0.15) is 6.92 Å². The van der Waals surface area contributed by atoms with Crippen molar-refractivity contribution in [1.82, 2.24) is 0 Å². The van der Waals surface area contributed by atoms with Crippen LogP contribution < -0.4 is 15.4 Å². The predicted molar refractivity (Wildman–Crippen MR) is 106 cm³/mol. The number of ether oxygens (including phenoxy) is 3. The number of nitrogens with one attached hydrogen (secondary N) is 2. The van der Waals surface area contributed by atoms with E-state index in [0.717, 1.165) is 10.2 Å². The molecule has 0 aliphatic heterocycles. The Balaban J connectivity index is 1.78. The van der Waals surface area contributed by atoms with Crippen molar-refractivity contribution in [1.29, 1.82) is 0 Å². The summed E-state index contributed by atoms with van der Waals surface area (Å²) in [5, 5.41) is 5.28. The molecule has 0 radical (unpaired) electrons. The van der Waals surface area contributed by atoms with Crippen LogP contribution >= 0.6 is 15.9 Å². The fourth-order valence-corrected chi connectivity index (χ4v) is 2.45. The summed E-state index contributed by atoms with van der Waals surface area (Å²) < 4.78 is 16.4. The van der Waals surface area contributed by atoms with Crippen molar-refractivity contribution in [2.45, 2.75) is 6.92 Å². The molecule has 0 bridgehead atoms. The van der Waals surface area contributed by atoms with Gasteiger partial charge < -0.3 is 19.5 Å². The molecule has 0 fully saturated rings. The van der Waals surface area contributed by atoms with E-state index in [-0.39, 0.29) is 25.7 Å². The SMILES string of the molecule is CCOC(=O)Nc1ccc(Br)cc1NC(=O)COCCOc1ccccc1. The van der Waals surface area contributed by atoms with Crippen molar-refractivity contribution in [3.8, 4) is 5.75 Å². The van der Waals surface area contributed by atoms with Gasteiger partial charge in [0, 0.05) is 4.47 Å². The lowest BCUT2D eigenvalue weighted by molar-refractivity contribution is -0.120. The highest BCUT2D eigenvalue weighted by Gasteiger charge is 2.11. The summed E-state index contributed by atoms with van der Waals surface area (Å²) in [5.74, 6) is 0.397. The van der Waals surface area contributed by atoms with Crippen molar-refractivity contribution >= 4 is 39.3 Å². The lowest BCUT2D eigenvalue weighted by atomic mass is 10.2. The molecule has 2 N–H and O–H groups in total. The zero-order valence-electron chi connectivity index (χ0n) is 14.9. The van der Waals surface area contributed by atoms with Gasteiger partial charge in [-0.1, -0.05) is 34.1 Å². The van der Waals surface area contributed by atoms with E-state index >= 15 is 0 Å². The number of carbonyl (C=O) groups excluding carboxylic acids is 2. The average molecular weight is 437 g/mol. The van der Waals surface area contributed by atoms with E-state index in [1.807, 2.05) is 30.3 Å². The van der Waals surface area contributed by atoms with Gasteiger partial charge in [0.05, 0.1) is 24.6 Å². The van der Waals surface area contributed by atoms with Crippen LogP contribution in [0.2, 0.25) is 0 Å². The van der Waals surface area contributed by atoms with Crippen LogP contribution in [0.3, 0.4) is 0 Å². The molecule has 0 atom stereocenters. The van der Waals surface area contributed by atoms with E-state index in [1.165, 1.54) is 0 Å². The largest absolute Gasteiger partial charge is 0.491 e. The number of amides is 2. The van der Waals surface area contributed by atoms with Gasteiger partial charge in [0.1, 0.15) is 19.0 Å². The molecule has 0 unspecified atom stereocenters. The summed E-state index contributed by atoms with van der Waals surface area (Å²) in [4.78, 5) is 23.7. The highest BCUT2D eigenvalue weighted by molar-refractivity contribution is 9.10. The monoisotopic (exact) mass is 436 g/mol. The third-order valence-electron chi connectivity index (χ3n) is 3.24. The predicted octanol–water partition coefficient (Wildman–Crippen LogP) is 4.05. The molecular weight excluding hydrogens is 416 g/mol. The summed E-state index contributed by atoms with van der Waals surface area (Å²) in [7, 11) is 0. The standard InChI is InChI=1S/C19H21BrN2O5/c1-2-26-19(24)22-16-9-8-14(20)12-17(16)21-18(23)13-25-10-11-27-15-6-4-3-5-7-15/h3-9,12H,2,10-11,13H2,1H3,(H,21,23)(H,22,24). The Bertz CT molecular complexity index is 755. The van der Waals surface area contributed by atoms with Crippen LogP contribution in [0.15, 0.2) is 53.0 Å². The Kier molecular flexibility index (Phi) is 8.60. The Morgan fingerprint density at radius 2 is 1.78 bits per heavy atom. The molecule has 2 amide bonds. The summed E-state index contributed by atoms with van der Waals surface area (Å²) in [6, 6.07) is 14.4. The third kappa shape index (κ3) is 7.67. The second kappa shape index (κ2) is 11.2. The number of hydrogen-bond donors (Lipinski definition) is 2. The van der Waals surface area contributed by atoms with Gasteiger partial charge in [-0.05, 0) is 37.3 Å². The number of hydrogen-bond acceptors (Lipinski definition) is 5. The molecular formula is C19H21BrN2O5. The normalized spacial score (nSPS) is 10.1. The minimum Gasteiger partial charge on any atom is -0.491 e. The number of rotatable bonds is 9. The summed E-state index contributed by atoms with van der Waals surface area (Å²) in [5.41, 5.74) is 0.865. The number of carbonyl (C=O) groups is 2. The molecule has 7 nitrogen and oxygen atoms in total. The van der Waals surface area contributed by atoms with Crippen LogP contribution in [0.4, 0.5) is 16.2 Å². The maximum atomic E-state index is 12.1. The molecule has 8 heteroatoms. The molecule has 2 rings (SSSR count). The first-order valence-electron chi connectivity index (χ1n) is 8.37. The molecule has 144 valence electrons. The fraction of sp³-hybridized carbons (Fsp3) is 0.263. The van der Waals surface area contributed by atoms with Crippen molar-refractivity contribution in [3.05, 3.63) is 53.0 Å². The van der Waals surface area contributed by atoms with E-state index in [4.69, 9.17) is 14.2 Å². The molecule has 0 aliphatic carbocycles. The topological polar surface area (TPSA) is 85.9 Å². The summed E-state index contributed by atoms with van der Waals surface area (Å²) in [6.07, 6.45) is -0.593. The molecule has 0 saturated heterocycles. The number of para-hydroxylation sites is 1. The first-order chi connectivity index (χ1) is 13.1. The van der Waals surface area contributed by atoms with Crippen LogP contribution in [0.25, 0.3) is 0 Å². The van der Waals surface area contributed by atoms with E-state index < -0.39 is 6.09 Å². The third-order valence-corrected chi connectivity index (χ3v) is 3.73. The van der Waals surface area contributed by atoms with Gasteiger partial charge in [0.25, 0.3) is 0 Å². The van der Waals surface area contributed by atoms with Crippen LogP contribution in [0.5, 0.6) is 5.75 Å². The summed E-state index contributed by atoms with van der Waals surface area (Å²) in [6.45, 7) is 2.44. The smallest absolute Gasteiger partial charge is 0.411 e. The van der Waals surface area contributed by atoms with Crippen LogP contribution in [-0.2, 0) is 14.3 Å². The molecule has 2 aromatic rings. The second-order valence-corrected chi connectivity index (χ2v) is 6.21. The van der Waals surface area contributed by atoms with Gasteiger partial charge in [-0.2, -0.15) is 0 Å². The summed E-state index contributed by atoms with van der Waals surface area (Å²) >= 11 is 3.34. The van der Waals surface area contributed by atoms with Gasteiger partial charge in [-0.3, -0.25) is 10.1 Å². The lowest BCUT2D eigenvalue weighted by Gasteiger charge is -2.13. The molecule has 0 spiro atoms. The first-order valence-corrected chi connectivity index (χ1v) is 9.16. The Morgan fingerprint density at radius 1 is 1.00 bits per heavy atom. The van der Waals surface area contributed by atoms with Gasteiger partial charge in [-0.15, -0.1) is 0 Å². The van der Waals surface area contributed by atoms with E-state index in [1.54, 1.807) is 25.1 Å². The minimum absolute atomic E-state index is 0.135. The Hall–Kier alpha value is -2.58. The van der Waals surface area contributed by atoms with Gasteiger partial charge in [0.15, 0.2) is 0 Å². The molecule has 0 heterocycles. The highest BCUT2D eigenvalue weighted by atomic mass is 79.9. The van der Waals surface area contributed by atoms with E-state index in [2.05, 4.69) is 26.6 Å². The van der Waals surface area contributed by atoms with E-state index in [9.17, 15) is 9.59 Å². The number of halogens is 1.